The number of likely N-dealkylation sites (tertiary alicyclic amines) is 2. The van der Waals surface area contributed by atoms with Crippen LogP contribution in [-0.2, 0) is 20.8 Å². The molecular weight excluding hydrogens is 346 g/mol. The topological polar surface area (TPSA) is 90.8 Å². The van der Waals surface area contributed by atoms with E-state index in [4.69, 9.17) is 0 Å². The minimum atomic E-state index is -0.942. The monoisotopic (exact) mass is 371 g/mol. The van der Waals surface area contributed by atoms with Crippen LogP contribution in [0, 0.1) is 11.3 Å². The van der Waals surface area contributed by atoms with Crippen LogP contribution in [0.3, 0.4) is 0 Å². The number of nitrogens with zero attached hydrogens (tertiary/aromatic N) is 3. The Morgan fingerprint density at radius 2 is 1.96 bits per heavy atom. The molecule has 0 aromatic carbocycles. The van der Waals surface area contributed by atoms with E-state index in [0.29, 0.717) is 26.1 Å². The molecule has 1 unspecified atom stereocenters. The zero-order chi connectivity index (χ0) is 19.0. The van der Waals surface area contributed by atoms with Crippen molar-refractivity contribution in [3.8, 4) is 0 Å². The second-order valence-corrected chi connectivity index (χ2v) is 8.22. The van der Waals surface area contributed by atoms with Gasteiger partial charge in [-0.05, 0) is 49.1 Å². The van der Waals surface area contributed by atoms with Crippen molar-refractivity contribution in [2.45, 2.75) is 44.6 Å². The van der Waals surface area contributed by atoms with Crippen molar-refractivity contribution in [2.75, 3.05) is 19.6 Å². The van der Waals surface area contributed by atoms with Gasteiger partial charge in [0.25, 0.3) is 0 Å². The summed E-state index contributed by atoms with van der Waals surface area (Å²) in [7, 11) is 0. The average molecular weight is 371 g/mol. The Kier molecular flexibility index (Phi) is 4.61. The van der Waals surface area contributed by atoms with E-state index in [9.17, 15) is 19.5 Å². The van der Waals surface area contributed by atoms with Gasteiger partial charge in [-0.2, -0.15) is 0 Å². The Hall–Kier alpha value is -2.44. The first-order valence-electron chi connectivity index (χ1n) is 9.67. The highest BCUT2D eigenvalue weighted by molar-refractivity contribution is 5.86. The molecule has 7 nitrogen and oxygen atoms in total. The lowest BCUT2D eigenvalue weighted by Crippen LogP contribution is -2.45. The first-order valence-corrected chi connectivity index (χ1v) is 9.67. The number of aromatic nitrogens is 1. The summed E-state index contributed by atoms with van der Waals surface area (Å²) in [4.78, 5) is 44.3. The van der Waals surface area contributed by atoms with Gasteiger partial charge in [-0.1, -0.05) is 6.07 Å². The molecule has 0 bridgehead atoms. The molecule has 0 radical (unpaired) electrons. The molecule has 1 aromatic rings. The second kappa shape index (κ2) is 6.94. The molecule has 7 heteroatoms. The molecule has 1 aromatic heterocycles. The van der Waals surface area contributed by atoms with Crippen molar-refractivity contribution < 1.29 is 19.5 Å². The number of pyridine rings is 1. The molecule has 3 aliphatic rings. The zero-order valence-electron chi connectivity index (χ0n) is 15.3. The maximum absolute atomic E-state index is 12.8. The lowest BCUT2D eigenvalue weighted by atomic mass is 9.76. The van der Waals surface area contributed by atoms with Crippen LogP contribution >= 0.6 is 0 Å². The zero-order valence-corrected chi connectivity index (χ0v) is 15.3. The summed E-state index contributed by atoms with van der Waals surface area (Å²) in [6, 6.07) is 2.82. The third-order valence-corrected chi connectivity index (χ3v) is 6.25. The van der Waals surface area contributed by atoms with E-state index in [0.717, 1.165) is 31.2 Å². The third-order valence-electron chi connectivity index (χ3n) is 6.25. The van der Waals surface area contributed by atoms with Crippen molar-refractivity contribution in [1.82, 2.24) is 14.8 Å². The molecule has 3 fully saturated rings. The molecule has 1 aliphatic carbocycles. The molecule has 1 saturated carbocycles. The van der Waals surface area contributed by atoms with Gasteiger partial charge in [0.1, 0.15) is 6.04 Å². The van der Waals surface area contributed by atoms with E-state index >= 15 is 0 Å². The van der Waals surface area contributed by atoms with Gasteiger partial charge >= 0.3 is 5.97 Å². The predicted molar refractivity (Wildman–Crippen MR) is 96.7 cm³/mol. The van der Waals surface area contributed by atoms with E-state index in [2.05, 4.69) is 4.98 Å². The number of piperidine rings is 1. The van der Waals surface area contributed by atoms with Crippen molar-refractivity contribution in [2.24, 2.45) is 11.3 Å². The molecule has 1 spiro atoms. The molecule has 144 valence electrons. The van der Waals surface area contributed by atoms with Crippen molar-refractivity contribution in [3.63, 3.8) is 0 Å². The highest BCUT2D eigenvalue weighted by Gasteiger charge is 2.50. The summed E-state index contributed by atoms with van der Waals surface area (Å²) in [5.74, 6) is -0.638. The van der Waals surface area contributed by atoms with Crippen molar-refractivity contribution >= 4 is 17.8 Å². The SMILES string of the molecule is O=C(O)C1CC2(CCN(C(=O)C3CC3)CC2)CN1C(=O)Cc1cccnc1. The molecule has 2 saturated heterocycles. The summed E-state index contributed by atoms with van der Waals surface area (Å²) in [6.45, 7) is 1.81. The van der Waals surface area contributed by atoms with Crippen molar-refractivity contribution in [3.05, 3.63) is 30.1 Å². The number of aliphatic carboxylic acids is 1. The fourth-order valence-corrected chi connectivity index (χ4v) is 4.47. The molecule has 2 amide bonds. The first kappa shape index (κ1) is 17.9. The summed E-state index contributed by atoms with van der Waals surface area (Å²) in [5, 5.41) is 9.66. The fraction of sp³-hybridized carbons (Fsp3) is 0.600. The lowest BCUT2D eigenvalue weighted by Gasteiger charge is -2.39. The smallest absolute Gasteiger partial charge is 0.326 e. The van der Waals surface area contributed by atoms with Crippen LogP contribution in [0.1, 0.15) is 37.7 Å². The molecule has 4 rings (SSSR count). The standard InChI is InChI=1S/C20H25N3O4/c24-17(10-14-2-1-7-21-12-14)23-13-20(11-16(23)19(26)27)5-8-22(9-6-20)18(25)15-3-4-15/h1-2,7,12,15-16H,3-6,8-11,13H2,(H,26,27). The normalized spacial score (nSPS) is 24.2. The van der Waals surface area contributed by atoms with Crippen LogP contribution in [0.2, 0.25) is 0 Å². The van der Waals surface area contributed by atoms with Gasteiger partial charge in [0, 0.05) is 37.9 Å². The maximum Gasteiger partial charge on any atom is 0.326 e. The summed E-state index contributed by atoms with van der Waals surface area (Å²) in [6.07, 6.45) is 7.47. The largest absolute Gasteiger partial charge is 0.480 e. The van der Waals surface area contributed by atoms with E-state index in [-0.39, 0.29) is 29.6 Å². The lowest BCUT2D eigenvalue weighted by molar-refractivity contribution is -0.148. The van der Waals surface area contributed by atoms with E-state index in [1.54, 1.807) is 18.5 Å². The van der Waals surface area contributed by atoms with Gasteiger partial charge in [-0.25, -0.2) is 4.79 Å². The first-order chi connectivity index (χ1) is 13.0. The summed E-state index contributed by atoms with van der Waals surface area (Å²) in [5.41, 5.74) is 0.603. The second-order valence-electron chi connectivity index (χ2n) is 8.22. The molecule has 2 aliphatic heterocycles. The van der Waals surface area contributed by atoms with Gasteiger partial charge in [0.2, 0.25) is 11.8 Å². The summed E-state index contributed by atoms with van der Waals surface area (Å²) < 4.78 is 0. The molecule has 3 heterocycles. The Morgan fingerprint density at radius 1 is 1.22 bits per heavy atom. The van der Waals surface area contributed by atoms with Gasteiger partial charge in [0.05, 0.1) is 6.42 Å². The number of carbonyl (C=O) groups excluding carboxylic acids is 2. The Balaban J connectivity index is 1.43. The quantitative estimate of drug-likeness (QED) is 0.862. The third kappa shape index (κ3) is 3.68. The fourth-order valence-electron chi connectivity index (χ4n) is 4.47. The van der Waals surface area contributed by atoms with E-state index in [1.165, 1.54) is 4.90 Å². The van der Waals surface area contributed by atoms with Gasteiger partial charge in [-0.15, -0.1) is 0 Å². The average Bonchev–Trinajstić information content (AvgIpc) is 3.45. The van der Waals surface area contributed by atoms with E-state index in [1.807, 2.05) is 11.0 Å². The number of amides is 2. The van der Waals surface area contributed by atoms with Gasteiger partial charge in [-0.3, -0.25) is 14.6 Å². The number of carboxylic acids is 1. The summed E-state index contributed by atoms with van der Waals surface area (Å²) >= 11 is 0. The number of rotatable bonds is 4. The van der Waals surface area contributed by atoms with Crippen LogP contribution in [0.5, 0.6) is 0 Å². The van der Waals surface area contributed by atoms with Crippen LogP contribution < -0.4 is 0 Å². The van der Waals surface area contributed by atoms with Crippen LogP contribution in [0.25, 0.3) is 0 Å². The highest BCUT2D eigenvalue weighted by atomic mass is 16.4. The minimum Gasteiger partial charge on any atom is -0.480 e. The van der Waals surface area contributed by atoms with Crippen LogP contribution in [0.15, 0.2) is 24.5 Å². The molecule has 27 heavy (non-hydrogen) atoms. The Labute approximate surface area is 158 Å². The van der Waals surface area contributed by atoms with Gasteiger partial charge < -0.3 is 14.9 Å². The van der Waals surface area contributed by atoms with E-state index < -0.39 is 12.0 Å². The molecular formula is C20H25N3O4. The number of hydrogen-bond acceptors (Lipinski definition) is 4. The van der Waals surface area contributed by atoms with Crippen LogP contribution in [-0.4, -0.2) is 63.4 Å². The Bertz CT molecular complexity index is 739. The minimum absolute atomic E-state index is 0.163. The predicted octanol–water partition coefficient (Wildman–Crippen LogP) is 1.33. The molecule has 1 N–H and O–H groups in total. The maximum atomic E-state index is 12.8. The molecule has 1 atom stereocenters. The number of carbonyl (C=O) groups is 3. The number of hydrogen-bond donors (Lipinski definition) is 1. The Morgan fingerprint density at radius 3 is 2.56 bits per heavy atom. The van der Waals surface area contributed by atoms with Crippen molar-refractivity contribution in [1.29, 1.82) is 0 Å². The van der Waals surface area contributed by atoms with Gasteiger partial charge in [0.15, 0.2) is 0 Å². The highest BCUT2D eigenvalue weighted by Crippen LogP contribution is 2.44. The number of carboxylic acid groups (broad SMARTS) is 1. The van der Waals surface area contributed by atoms with Crippen LogP contribution in [0.4, 0.5) is 0 Å².